The number of hydrogen-bond acceptors (Lipinski definition) is 3. The lowest BCUT2D eigenvalue weighted by molar-refractivity contribution is -0.119. The SMILES string of the molecule is COCCC(=O)CC(=O)c1cc(F)cc(F)c1. The predicted molar refractivity (Wildman–Crippen MR) is 56.8 cm³/mol. The van der Waals surface area contributed by atoms with E-state index in [4.69, 9.17) is 0 Å². The lowest BCUT2D eigenvalue weighted by Gasteiger charge is -2.01. The summed E-state index contributed by atoms with van der Waals surface area (Å²) >= 11 is 0. The van der Waals surface area contributed by atoms with Crippen LogP contribution in [0.5, 0.6) is 0 Å². The Morgan fingerprint density at radius 3 is 2.29 bits per heavy atom. The van der Waals surface area contributed by atoms with Crippen molar-refractivity contribution in [2.75, 3.05) is 13.7 Å². The van der Waals surface area contributed by atoms with Gasteiger partial charge in [0.25, 0.3) is 0 Å². The Hall–Kier alpha value is -1.62. The Balaban J connectivity index is 2.66. The third-order valence-electron chi connectivity index (χ3n) is 2.13. The molecular weight excluding hydrogens is 230 g/mol. The molecule has 1 rings (SSSR count). The highest BCUT2D eigenvalue weighted by molar-refractivity contribution is 6.07. The fourth-order valence-corrected chi connectivity index (χ4v) is 1.30. The Bertz CT molecular complexity index is 410. The van der Waals surface area contributed by atoms with Crippen LogP contribution in [0.25, 0.3) is 0 Å². The van der Waals surface area contributed by atoms with Crippen molar-refractivity contribution >= 4 is 11.6 Å². The average molecular weight is 242 g/mol. The Morgan fingerprint density at radius 1 is 1.18 bits per heavy atom. The second kappa shape index (κ2) is 6.20. The molecular formula is C12H12F2O3. The van der Waals surface area contributed by atoms with Gasteiger partial charge in [0.1, 0.15) is 17.4 Å². The zero-order valence-corrected chi connectivity index (χ0v) is 9.33. The number of Topliss-reactive ketones (excluding diaryl/α,β-unsaturated/α-hetero) is 2. The topological polar surface area (TPSA) is 43.4 Å². The molecule has 0 radical (unpaired) electrons. The lowest BCUT2D eigenvalue weighted by Crippen LogP contribution is -2.10. The molecule has 0 saturated heterocycles. The third-order valence-corrected chi connectivity index (χ3v) is 2.13. The van der Waals surface area contributed by atoms with Crippen LogP contribution in [-0.2, 0) is 9.53 Å². The van der Waals surface area contributed by atoms with Gasteiger partial charge in [-0.3, -0.25) is 9.59 Å². The maximum absolute atomic E-state index is 12.8. The zero-order chi connectivity index (χ0) is 12.8. The molecule has 0 aromatic heterocycles. The van der Waals surface area contributed by atoms with Gasteiger partial charge in [-0.2, -0.15) is 0 Å². The molecule has 0 aliphatic carbocycles. The highest BCUT2D eigenvalue weighted by Gasteiger charge is 2.13. The predicted octanol–water partition coefficient (Wildman–Crippen LogP) is 2.14. The standard InChI is InChI=1S/C12H12F2O3/c1-17-3-2-11(15)7-12(16)8-4-9(13)6-10(14)5-8/h4-6H,2-3,7H2,1H3. The number of methoxy groups -OCH3 is 1. The van der Waals surface area contributed by atoms with Gasteiger partial charge in [-0.15, -0.1) is 0 Å². The fourth-order valence-electron chi connectivity index (χ4n) is 1.30. The van der Waals surface area contributed by atoms with Gasteiger partial charge in [-0.25, -0.2) is 8.78 Å². The first-order chi connectivity index (χ1) is 8.02. The number of rotatable bonds is 6. The van der Waals surface area contributed by atoms with E-state index in [0.29, 0.717) is 6.07 Å². The molecule has 17 heavy (non-hydrogen) atoms. The summed E-state index contributed by atoms with van der Waals surface area (Å²) in [7, 11) is 1.44. The van der Waals surface area contributed by atoms with Crippen LogP contribution < -0.4 is 0 Å². The molecule has 92 valence electrons. The van der Waals surface area contributed by atoms with Gasteiger partial charge in [0.05, 0.1) is 13.0 Å². The summed E-state index contributed by atoms with van der Waals surface area (Å²) in [5.41, 5.74) is -0.131. The molecule has 0 saturated carbocycles. The summed E-state index contributed by atoms with van der Waals surface area (Å²) in [4.78, 5) is 22.8. The molecule has 0 aliphatic rings. The third kappa shape index (κ3) is 4.40. The summed E-state index contributed by atoms with van der Waals surface area (Å²) in [5, 5.41) is 0. The van der Waals surface area contributed by atoms with Gasteiger partial charge in [-0.05, 0) is 12.1 Å². The minimum Gasteiger partial charge on any atom is -0.384 e. The first-order valence-corrected chi connectivity index (χ1v) is 5.03. The van der Waals surface area contributed by atoms with E-state index in [1.807, 2.05) is 0 Å². The first-order valence-electron chi connectivity index (χ1n) is 5.03. The van der Waals surface area contributed by atoms with Crippen LogP contribution in [-0.4, -0.2) is 25.3 Å². The van der Waals surface area contributed by atoms with Gasteiger partial charge >= 0.3 is 0 Å². The van der Waals surface area contributed by atoms with E-state index >= 15 is 0 Å². The van der Waals surface area contributed by atoms with Gasteiger partial charge in [0.15, 0.2) is 5.78 Å². The Kier molecular flexibility index (Phi) is 4.90. The minimum absolute atomic E-state index is 0.111. The largest absolute Gasteiger partial charge is 0.384 e. The molecule has 1 aromatic rings. The second-order valence-electron chi connectivity index (χ2n) is 3.54. The number of carbonyl (C=O) groups excluding carboxylic acids is 2. The van der Waals surface area contributed by atoms with E-state index in [0.717, 1.165) is 12.1 Å². The van der Waals surface area contributed by atoms with Gasteiger partial charge in [0.2, 0.25) is 0 Å². The van der Waals surface area contributed by atoms with E-state index in [1.54, 1.807) is 0 Å². The number of carbonyl (C=O) groups is 2. The smallest absolute Gasteiger partial charge is 0.170 e. The number of hydrogen-bond donors (Lipinski definition) is 0. The van der Waals surface area contributed by atoms with Crippen LogP contribution in [0.3, 0.4) is 0 Å². The maximum atomic E-state index is 12.8. The second-order valence-corrected chi connectivity index (χ2v) is 3.54. The average Bonchev–Trinajstić information content (AvgIpc) is 2.25. The number of ketones is 2. The summed E-state index contributed by atoms with van der Waals surface area (Å²) in [6.07, 6.45) is -0.258. The molecule has 0 spiro atoms. The van der Waals surface area contributed by atoms with Crippen molar-refractivity contribution in [1.29, 1.82) is 0 Å². The van der Waals surface area contributed by atoms with Crippen LogP contribution in [0.4, 0.5) is 8.78 Å². The molecule has 0 fully saturated rings. The van der Waals surface area contributed by atoms with Crippen molar-refractivity contribution in [2.24, 2.45) is 0 Å². The fraction of sp³-hybridized carbons (Fsp3) is 0.333. The lowest BCUT2D eigenvalue weighted by atomic mass is 10.0. The minimum atomic E-state index is -0.835. The van der Waals surface area contributed by atoms with E-state index in [2.05, 4.69) is 4.74 Å². The molecule has 0 amide bonds. The molecule has 0 heterocycles. The van der Waals surface area contributed by atoms with Crippen molar-refractivity contribution < 1.29 is 23.1 Å². The van der Waals surface area contributed by atoms with Crippen LogP contribution in [0.1, 0.15) is 23.2 Å². The van der Waals surface area contributed by atoms with Crippen LogP contribution in [0.15, 0.2) is 18.2 Å². The van der Waals surface area contributed by atoms with Crippen molar-refractivity contribution in [2.45, 2.75) is 12.8 Å². The van der Waals surface area contributed by atoms with Crippen molar-refractivity contribution in [3.63, 3.8) is 0 Å². The van der Waals surface area contributed by atoms with Crippen molar-refractivity contribution in [3.8, 4) is 0 Å². The molecule has 0 N–H and O–H groups in total. The van der Waals surface area contributed by atoms with Gasteiger partial charge in [0, 0.05) is 25.2 Å². The van der Waals surface area contributed by atoms with Crippen LogP contribution in [0.2, 0.25) is 0 Å². The molecule has 0 bridgehead atoms. The Morgan fingerprint density at radius 2 is 1.76 bits per heavy atom. The highest BCUT2D eigenvalue weighted by atomic mass is 19.1. The number of ether oxygens (including phenoxy) is 1. The van der Waals surface area contributed by atoms with E-state index < -0.39 is 17.4 Å². The molecule has 0 unspecified atom stereocenters. The molecule has 0 atom stereocenters. The molecule has 5 heteroatoms. The Labute approximate surface area is 97.4 Å². The molecule has 0 aliphatic heterocycles. The summed E-state index contributed by atoms with van der Waals surface area (Å²) in [6.45, 7) is 0.226. The normalized spacial score (nSPS) is 10.3. The summed E-state index contributed by atoms with van der Waals surface area (Å²) in [6, 6.07) is 2.49. The zero-order valence-electron chi connectivity index (χ0n) is 9.33. The number of benzene rings is 1. The van der Waals surface area contributed by atoms with E-state index in [-0.39, 0.29) is 30.8 Å². The monoisotopic (exact) mass is 242 g/mol. The van der Waals surface area contributed by atoms with Gasteiger partial charge < -0.3 is 4.74 Å². The molecule has 1 aromatic carbocycles. The van der Waals surface area contributed by atoms with Crippen LogP contribution >= 0.6 is 0 Å². The van der Waals surface area contributed by atoms with Crippen molar-refractivity contribution in [3.05, 3.63) is 35.4 Å². The van der Waals surface area contributed by atoms with Crippen molar-refractivity contribution in [1.82, 2.24) is 0 Å². The summed E-state index contributed by atoms with van der Waals surface area (Å²) < 4.78 is 30.3. The number of halogens is 2. The van der Waals surface area contributed by atoms with Gasteiger partial charge in [-0.1, -0.05) is 0 Å². The first kappa shape index (κ1) is 13.4. The van der Waals surface area contributed by atoms with E-state index in [9.17, 15) is 18.4 Å². The van der Waals surface area contributed by atoms with E-state index in [1.165, 1.54) is 7.11 Å². The summed E-state index contributed by atoms with van der Waals surface area (Å²) in [5.74, 6) is -2.58. The molecule has 3 nitrogen and oxygen atoms in total. The highest BCUT2D eigenvalue weighted by Crippen LogP contribution is 2.10. The maximum Gasteiger partial charge on any atom is 0.170 e. The van der Waals surface area contributed by atoms with Crippen LogP contribution in [0, 0.1) is 11.6 Å². The quantitative estimate of drug-likeness (QED) is 0.567.